The second-order valence-electron chi connectivity index (χ2n) is 5.75. The van der Waals surface area contributed by atoms with Crippen LogP contribution in [0.4, 0.5) is 0 Å². The van der Waals surface area contributed by atoms with Gasteiger partial charge in [0.25, 0.3) is 5.91 Å². The average Bonchev–Trinajstić information content (AvgIpc) is 2.40. The number of amides is 1. The number of hydrogen-bond acceptors (Lipinski definition) is 1. The highest BCUT2D eigenvalue weighted by molar-refractivity contribution is 9.10. The molecule has 0 aliphatic heterocycles. The van der Waals surface area contributed by atoms with Gasteiger partial charge >= 0.3 is 0 Å². The van der Waals surface area contributed by atoms with Crippen LogP contribution < -0.4 is 0 Å². The monoisotopic (exact) mass is 323 g/mol. The largest absolute Gasteiger partial charge is 0.339 e. The summed E-state index contributed by atoms with van der Waals surface area (Å²) in [4.78, 5) is 14.6. The smallest absolute Gasteiger partial charge is 0.254 e. The van der Waals surface area contributed by atoms with Crippen molar-refractivity contribution in [3.05, 3.63) is 33.8 Å². The molecule has 2 nitrogen and oxygen atoms in total. The molecule has 2 rings (SSSR count). The van der Waals surface area contributed by atoms with E-state index in [0.29, 0.717) is 6.04 Å². The molecule has 0 bridgehead atoms. The van der Waals surface area contributed by atoms with Crippen molar-refractivity contribution in [3.8, 4) is 0 Å². The van der Waals surface area contributed by atoms with E-state index in [4.69, 9.17) is 0 Å². The van der Waals surface area contributed by atoms with E-state index in [1.54, 1.807) is 0 Å². The number of rotatable bonds is 2. The molecule has 1 aliphatic carbocycles. The molecule has 1 aromatic carbocycles. The second-order valence-corrected chi connectivity index (χ2v) is 6.61. The van der Waals surface area contributed by atoms with Gasteiger partial charge in [-0.3, -0.25) is 4.79 Å². The van der Waals surface area contributed by atoms with Crippen molar-refractivity contribution in [2.24, 2.45) is 5.92 Å². The van der Waals surface area contributed by atoms with Gasteiger partial charge in [-0.1, -0.05) is 41.8 Å². The zero-order chi connectivity index (χ0) is 14.0. The molecular weight excluding hydrogens is 302 g/mol. The first-order valence-corrected chi connectivity index (χ1v) is 7.82. The fourth-order valence-electron chi connectivity index (χ4n) is 2.95. The lowest BCUT2D eigenvalue weighted by Gasteiger charge is -2.34. The van der Waals surface area contributed by atoms with Crippen LogP contribution in [0.25, 0.3) is 0 Å². The molecule has 3 heteroatoms. The summed E-state index contributed by atoms with van der Waals surface area (Å²) in [6.45, 7) is 4.28. The summed E-state index contributed by atoms with van der Waals surface area (Å²) >= 11 is 3.50. The zero-order valence-corrected chi connectivity index (χ0v) is 13.5. The van der Waals surface area contributed by atoms with Crippen molar-refractivity contribution < 1.29 is 4.79 Å². The fourth-order valence-corrected chi connectivity index (χ4v) is 3.32. The number of carbonyl (C=O) groups is 1. The number of nitrogens with zero attached hydrogens (tertiary/aromatic N) is 1. The quantitative estimate of drug-likeness (QED) is 0.789. The van der Waals surface area contributed by atoms with E-state index >= 15 is 0 Å². The van der Waals surface area contributed by atoms with Gasteiger partial charge in [-0.25, -0.2) is 0 Å². The van der Waals surface area contributed by atoms with Gasteiger partial charge in [-0.05, 0) is 43.4 Å². The van der Waals surface area contributed by atoms with Crippen LogP contribution in [0.5, 0.6) is 0 Å². The Bertz CT molecular complexity index is 472. The number of hydrogen-bond donors (Lipinski definition) is 0. The number of halogens is 1. The molecule has 1 fully saturated rings. The molecule has 1 saturated carbocycles. The van der Waals surface area contributed by atoms with Crippen molar-refractivity contribution >= 4 is 21.8 Å². The summed E-state index contributed by atoms with van der Waals surface area (Å²) in [6.07, 6.45) is 4.81. The Morgan fingerprint density at radius 1 is 1.37 bits per heavy atom. The van der Waals surface area contributed by atoms with Gasteiger partial charge in [-0.2, -0.15) is 0 Å². The minimum atomic E-state index is 0.151. The maximum absolute atomic E-state index is 12.6. The lowest BCUT2D eigenvalue weighted by Crippen LogP contribution is -2.40. The molecule has 2 atom stereocenters. The Kier molecular flexibility index (Phi) is 4.67. The van der Waals surface area contributed by atoms with E-state index < -0.39 is 0 Å². The van der Waals surface area contributed by atoms with E-state index in [-0.39, 0.29) is 5.91 Å². The molecule has 0 saturated heterocycles. The molecule has 1 aromatic rings. The zero-order valence-electron chi connectivity index (χ0n) is 11.9. The fraction of sp³-hybridized carbons (Fsp3) is 0.562. The van der Waals surface area contributed by atoms with Crippen LogP contribution in [0.3, 0.4) is 0 Å². The van der Waals surface area contributed by atoms with Gasteiger partial charge in [0.15, 0.2) is 0 Å². The molecule has 0 N–H and O–H groups in total. The van der Waals surface area contributed by atoms with Crippen molar-refractivity contribution in [1.29, 1.82) is 0 Å². The van der Waals surface area contributed by atoms with Crippen LogP contribution in [0.2, 0.25) is 0 Å². The maximum Gasteiger partial charge on any atom is 0.254 e. The van der Waals surface area contributed by atoms with Crippen LogP contribution in [0.1, 0.15) is 48.5 Å². The molecule has 1 amide bonds. The highest BCUT2D eigenvalue weighted by Gasteiger charge is 2.26. The van der Waals surface area contributed by atoms with E-state index in [9.17, 15) is 4.79 Å². The van der Waals surface area contributed by atoms with Crippen molar-refractivity contribution in [1.82, 2.24) is 4.90 Å². The first kappa shape index (κ1) is 14.6. The third-order valence-corrected chi connectivity index (χ3v) is 5.13. The van der Waals surface area contributed by atoms with Gasteiger partial charge in [0.2, 0.25) is 0 Å². The lowest BCUT2D eigenvalue weighted by atomic mass is 9.86. The summed E-state index contributed by atoms with van der Waals surface area (Å²) in [6, 6.07) is 6.23. The number of carbonyl (C=O) groups excluding carboxylic acids is 1. The number of benzene rings is 1. The van der Waals surface area contributed by atoms with E-state index in [2.05, 4.69) is 22.9 Å². The molecule has 0 aromatic heterocycles. The van der Waals surface area contributed by atoms with Crippen LogP contribution in [-0.4, -0.2) is 23.9 Å². The van der Waals surface area contributed by atoms with Gasteiger partial charge in [0.05, 0.1) is 0 Å². The summed E-state index contributed by atoms with van der Waals surface area (Å²) in [5, 5.41) is 0. The highest BCUT2D eigenvalue weighted by atomic mass is 79.9. The minimum absolute atomic E-state index is 0.151. The minimum Gasteiger partial charge on any atom is -0.339 e. The normalized spacial score (nSPS) is 23.2. The predicted octanol–water partition coefficient (Wildman–Crippen LogP) is 4.41. The van der Waals surface area contributed by atoms with Crippen LogP contribution in [0, 0.1) is 12.8 Å². The Labute approximate surface area is 124 Å². The first-order chi connectivity index (χ1) is 9.00. The Balaban J connectivity index is 2.16. The van der Waals surface area contributed by atoms with Crippen LogP contribution in [-0.2, 0) is 0 Å². The van der Waals surface area contributed by atoms with Gasteiger partial charge in [-0.15, -0.1) is 0 Å². The van der Waals surface area contributed by atoms with Crippen molar-refractivity contribution in [3.63, 3.8) is 0 Å². The summed E-state index contributed by atoms with van der Waals surface area (Å²) in [5.74, 6) is 0.885. The second kappa shape index (κ2) is 6.08. The van der Waals surface area contributed by atoms with E-state index in [1.165, 1.54) is 12.8 Å². The van der Waals surface area contributed by atoms with E-state index in [1.807, 2.05) is 37.1 Å². The molecule has 2 unspecified atom stereocenters. The lowest BCUT2D eigenvalue weighted by molar-refractivity contribution is 0.0671. The van der Waals surface area contributed by atoms with Gasteiger partial charge in [0.1, 0.15) is 0 Å². The van der Waals surface area contributed by atoms with Gasteiger partial charge < -0.3 is 4.90 Å². The molecule has 104 valence electrons. The molecule has 19 heavy (non-hydrogen) atoms. The SMILES string of the molecule is Cc1c(Br)cccc1C(=O)N(C)C1CCCC(C)C1. The average molecular weight is 324 g/mol. The molecule has 0 spiro atoms. The Morgan fingerprint density at radius 3 is 2.79 bits per heavy atom. The predicted molar refractivity (Wildman–Crippen MR) is 82.4 cm³/mol. The molecular formula is C16H22BrNO. The third kappa shape index (κ3) is 3.19. The van der Waals surface area contributed by atoms with Crippen LogP contribution >= 0.6 is 15.9 Å². The topological polar surface area (TPSA) is 20.3 Å². The standard InChI is InChI=1S/C16H22BrNO/c1-11-6-4-7-13(10-11)18(3)16(19)14-8-5-9-15(17)12(14)2/h5,8-9,11,13H,4,6-7,10H2,1-3H3. The molecule has 0 heterocycles. The summed E-state index contributed by atoms with van der Waals surface area (Å²) in [5.41, 5.74) is 1.85. The van der Waals surface area contributed by atoms with Crippen LogP contribution in [0.15, 0.2) is 22.7 Å². The summed E-state index contributed by atoms with van der Waals surface area (Å²) in [7, 11) is 1.95. The maximum atomic E-state index is 12.6. The Hall–Kier alpha value is -0.830. The molecule has 1 aliphatic rings. The third-order valence-electron chi connectivity index (χ3n) is 4.27. The van der Waals surface area contributed by atoms with Crippen molar-refractivity contribution in [2.45, 2.75) is 45.6 Å². The Morgan fingerprint density at radius 2 is 2.11 bits per heavy atom. The summed E-state index contributed by atoms with van der Waals surface area (Å²) < 4.78 is 1.00. The van der Waals surface area contributed by atoms with Gasteiger partial charge in [0, 0.05) is 23.1 Å². The molecule has 0 radical (unpaired) electrons. The first-order valence-electron chi connectivity index (χ1n) is 7.03. The van der Waals surface area contributed by atoms with Crippen molar-refractivity contribution in [2.75, 3.05) is 7.05 Å². The highest BCUT2D eigenvalue weighted by Crippen LogP contribution is 2.28. The van der Waals surface area contributed by atoms with E-state index in [0.717, 1.165) is 34.4 Å².